The average Bonchev–Trinajstić information content (AvgIpc) is 3.27. The summed E-state index contributed by atoms with van der Waals surface area (Å²) in [6, 6.07) is 3.62. The minimum Gasteiger partial charge on any atom is -0.493 e. The van der Waals surface area contributed by atoms with Crippen LogP contribution in [0.2, 0.25) is 0 Å². The number of rotatable bonds is 9. The second-order valence-corrected chi connectivity index (χ2v) is 11.2. The van der Waals surface area contributed by atoms with Gasteiger partial charge in [0.05, 0.1) is 24.5 Å². The smallest absolute Gasteiger partial charge is 0.347 e. The first-order valence-electron chi connectivity index (χ1n) is 13.6. The van der Waals surface area contributed by atoms with Crippen LogP contribution >= 0.6 is 0 Å². The van der Waals surface area contributed by atoms with Gasteiger partial charge in [-0.3, -0.25) is 9.59 Å². The molecule has 1 saturated heterocycles. The Morgan fingerprint density at radius 3 is 2.56 bits per heavy atom. The van der Waals surface area contributed by atoms with E-state index in [9.17, 15) is 29.4 Å². The van der Waals surface area contributed by atoms with Crippen molar-refractivity contribution in [3.05, 3.63) is 35.1 Å². The Morgan fingerprint density at radius 2 is 1.88 bits per heavy atom. The first-order valence-corrected chi connectivity index (χ1v) is 13.6. The van der Waals surface area contributed by atoms with Crippen molar-refractivity contribution in [3.8, 4) is 11.5 Å². The Hall–Kier alpha value is -3.48. The van der Waals surface area contributed by atoms with E-state index in [1.807, 2.05) is 19.2 Å². The summed E-state index contributed by atoms with van der Waals surface area (Å²) in [5.74, 6) is -2.31. The number of likely N-dealkylation sites (tertiary alicyclic amines) is 1. The monoisotopic (exact) mass is 573 g/mol. The number of piperidine rings is 1. The first-order chi connectivity index (χ1) is 19.3. The van der Waals surface area contributed by atoms with Crippen LogP contribution in [0.4, 0.5) is 0 Å². The van der Waals surface area contributed by atoms with E-state index >= 15 is 0 Å². The molecule has 222 valence electrons. The fourth-order valence-corrected chi connectivity index (χ4v) is 6.66. The minimum absolute atomic E-state index is 0.136. The van der Waals surface area contributed by atoms with Crippen molar-refractivity contribution in [2.24, 2.45) is 0 Å². The predicted molar refractivity (Wildman–Crippen MR) is 140 cm³/mol. The van der Waals surface area contributed by atoms with E-state index in [0.717, 1.165) is 11.1 Å². The lowest BCUT2D eigenvalue weighted by Gasteiger charge is -2.61. The Balaban J connectivity index is 1.32. The van der Waals surface area contributed by atoms with Crippen molar-refractivity contribution in [1.29, 1.82) is 0 Å². The van der Waals surface area contributed by atoms with Gasteiger partial charge in [-0.25, -0.2) is 9.59 Å². The van der Waals surface area contributed by atoms with Gasteiger partial charge in [-0.2, -0.15) is 0 Å². The SMILES string of the molecule is COc1ccc2c3c1O[C@H]1C(OC(=O)[C@@H](O)CC(=O)O[C@@H](C)C(=O)O[C@@H](C)C(C)=O)=CC[C@@]4(O)[C@@H](C2)N(C)CC[C@]314. The maximum Gasteiger partial charge on any atom is 0.347 e. The molecule has 4 aliphatic rings. The van der Waals surface area contributed by atoms with Gasteiger partial charge in [0.25, 0.3) is 0 Å². The first kappa shape index (κ1) is 29.0. The van der Waals surface area contributed by atoms with Crippen LogP contribution in [0.5, 0.6) is 11.5 Å². The summed E-state index contributed by atoms with van der Waals surface area (Å²) in [6.07, 6.45) is -2.94. The molecule has 0 unspecified atom stereocenters. The second-order valence-electron chi connectivity index (χ2n) is 11.2. The van der Waals surface area contributed by atoms with E-state index < -0.39 is 59.8 Å². The van der Waals surface area contributed by atoms with Gasteiger partial charge in [-0.15, -0.1) is 0 Å². The van der Waals surface area contributed by atoms with Gasteiger partial charge >= 0.3 is 17.9 Å². The topological polar surface area (TPSA) is 158 Å². The maximum absolute atomic E-state index is 12.9. The summed E-state index contributed by atoms with van der Waals surface area (Å²) < 4.78 is 27.5. The van der Waals surface area contributed by atoms with Gasteiger partial charge in [-0.1, -0.05) is 6.07 Å². The summed E-state index contributed by atoms with van der Waals surface area (Å²) in [5.41, 5.74) is -0.203. The molecule has 1 spiro atoms. The van der Waals surface area contributed by atoms with Crippen LogP contribution < -0.4 is 9.47 Å². The van der Waals surface area contributed by atoms with E-state index in [1.165, 1.54) is 27.9 Å². The molecule has 2 aliphatic heterocycles. The van der Waals surface area contributed by atoms with Crippen molar-refractivity contribution < 1.29 is 53.1 Å². The van der Waals surface area contributed by atoms with Crippen molar-refractivity contribution in [2.75, 3.05) is 20.7 Å². The number of aliphatic hydroxyl groups is 2. The number of carbonyl (C=O) groups excluding carboxylic acids is 4. The number of methoxy groups -OCH3 is 1. The molecule has 0 saturated carbocycles. The van der Waals surface area contributed by atoms with Gasteiger partial charge in [0, 0.05) is 18.0 Å². The molecule has 0 radical (unpaired) electrons. The standard InChI is InChI=1S/C29H35NO11/c1-14(31)15(2)39-26(34)16(3)38-22(33)13-18(32)27(35)40-20-8-9-29(36)21-12-17-6-7-19(37-5)24-23(17)28(29,25(20)41-24)10-11-30(21)4/h6-8,15-16,18,21,25,32,36H,9-13H2,1-5H3/t15-,16-,18-,21+,25-,28-,29+/m0/s1. The summed E-state index contributed by atoms with van der Waals surface area (Å²) in [5, 5.41) is 22.7. The number of aliphatic hydroxyl groups excluding tert-OH is 1. The predicted octanol–water partition coefficient (Wildman–Crippen LogP) is 0.720. The third kappa shape index (κ3) is 4.48. The second kappa shape index (κ2) is 10.4. The van der Waals surface area contributed by atoms with Gasteiger partial charge in [-0.05, 0) is 64.9 Å². The molecule has 1 aromatic rings. The van der Waals surface area contributed by atoms with Crippen LogP contribution in [-0.4, -0.2) is 95.6 Å². The fraction of sp³-hybridized carbons (Fsp3) is 0.586. The number of hydrogen-bond acceptors (Lipinski definition) is 12. The van der Waals surface area contributed by atoms with E-state index in [2.05, 4.69) is 4.90 Å². The number of ether oxygens (including phenoxy) is 5. The molecule has 2 bridgehead atoms. The summed E-state index contributed by atoms with van der Waals surface area (Å²) in [6.45, 7) is 4.58. The number of Topliss-reactive ketones (excluding diaryl/α,β-unsaturated/α-hetero) is 1. The largest absolute Gasteiger partial charge is 0.493 e. The molecule has 2 heterocycles. The lowest BCUT2D eigenvalue weighted by molar-refractivity contribution is -0.176. The Kier molecular flexibility index (Phi) is 7.37. The number of carbonyl (C=O) groups is 4. The molecule has 12 heteroatoms. The average molecular weight is 574 g/mol. The number of hydrogen-bond donors (Lipinski definition) is 2. The molecular formula is C29H35NO11. The van der Waals surface area contributed by atoms with Gasteiger partial charge in [0.1, 0.15) is 5.76 Å². The van der Waals surface area contributed by atoms with E-state index in [4.69, 9.17) is 23.7 Å². The van der Waals surface area contributed by atoms with Crippen LogP contribution in [0.1, 0.15) is 51.2 Å². The molecular weight excluding hydrogens is 538 g/mol. The normalized spacial score (nSPS) is 29.6. The van der Waals surface area contributed by atoms with Crippen LogP contribution in [-0.2, 0) is 45.2 Å². The zero-order valence-corrected chi connectivity index (χ0v) is 23.7. The maximum atomic E-state index is 12.9. The van der Waals surface area contributed by atoms with E-state index in [-0.39, 0.29) is 24.0 Å². The van der Waals surface area contributed by atoms with E-state index in [0.29, 0.717) is 30.9 Å². The van der Waals surface area contributed by atoms with Crippen molar-refractivity contribution in [2.45, 2.75) is 87.9 Å². The van der Waals surface area contributed by atoms with Crippen LogP contribution in [0.25, 0.3) is 0 Å². The fourth-order valence-electron chi connectivity index (χ4n) is 6.66. The lowest BCUT2D eigenvalue weighted by Crippen LogP contribution is -2.74. The molecule has 7 atom stereocenters. The van der Waals surface area contributed by atoms with Crippen molar-refractivity contribution >= 4 is 23.7 Å². The molecule has 0 amide bonds. The number of benzene rings is 1. The highest BCUT2D eigenvalue weighted by atomic mass is 16.6. The summed E-state index contributed by atoms with van der Waals surface area (Å²) >= 11 is 0. The number of ketones is 1. The highest BCUT2D eigenvalue weighted by Gasteiger charge is 2.72. The highest BCUT2D eigenvalue weighted by Crippen LogP contribution is 2.65. The van der Waals surface area contributed by atoms with Gasteiger partial charge < -0.3 is 38.8 Å². The third-order valence-corrected chi connectivity index (χ3v) is 8.91. The lowest BCUT2D eigenvalue weighted by atomic mass is 9.50. The summed E-state index contributed by atoms with van der Waals surface area (Å²) in [7, 11) is 3.51. The molecule has 12 nitrogen and oxygen atoms in total. The quantitative estimate of drug-likeness (QED) is 0.315. The summed E-state index contributed by atoms with van der Waals surface area (Å²) in [4.78, 5) is 50.8. The van der Waals surface area contributed by atoms with Gasteiger partial charge in [0.2, 0.25) is 0 Å². The molecule has 41 heavy (non-hydrogen) atoms. The van der Waals surface area contributed by atoms with Crippen molar-refractivity contribution in [1.82, 2.24) is 4.90 Å². The molecule has 5 rings (SSSR count). The van der Waals surface area contributed by atoms with E-state index in [1.54, 1.807) is 6.08 Å². The van der Waals surface area contributed by atoms with Crippen molar-refractivity contribution in [3.63, 3.8) is 0 Å². The molecule has 0 aromatic heterocycles. The Labute approximate surface area is 237 Å². The molecule has 1 fully saturated rings. The third-order valence-electron chi connectivity index (χ3n) is 8.91. The van der Waals surface area contributed by atoms with Crippen LogP contribution in [0, 0.1) is 0 Å². The molecule has 2 N–H and O–H groups in total. The minimum atomic E-state index is -1.90. The number of likely N-dealkylation sites (N-methyl/N-ethyl adjacent to an activating group) is 1. The van der Waals surface area contributed by atoms with Gasteiger partial charge in [0.15, 0.2) is 41.7 Å². The molecule has 2 aliphatic carbocycles. The zero-order chi connectivity index (χ0) is 29.9. The highest BCUT2D eigenvalue weighted by molar-refractivity contribution is 5.86. The van der Waals surface area contributed by atoms with Crippen LogP contribution in [0.3, 0.4) is 0 Å². The zero-order valence-electron chi connectivity index (χ0n) is 23.7. The number of nitrogens with zero attached hydrogens (tertiary/aromatic N) is 1. The molecule has 1 aromatic carbocycles. The van der Waals surface area contributed by atoms with Crippen LogP contribution in [0.15, 0.2) is 24.0 Å². The number of esters is 3. The Morgan fingerprint density at radius 1 is 1.15 bits per heavy atom. The Bertz CT molecular complexity index is 1320.